The van der Waals surface area contributed by atoms with Crippen LogP contribution in [0.3, 0.4) is 0 Å². The number of likely N-dealkylation sites (N-methyl/N-ethyl adjacent to an activating group) is 1. The van der Waals surface area contributed by atoms with Crippen LogP contribution >= 0.6 is 0 Å². The first-order chi connectivity index (χ1) is 8.16. The fourth-order valence-electron chi connectivity index (χ4n) is 2.11. The van der Waals surface area contributed by atoms with Crippen molar-refractivity contribution in [3.05, 3.63) is 23.7 Å². The van der Waals surface area contributed by atoms with Gasteiger partial charge in [-0.05, 0) is 32.6 Å². The van der Waals surface area contributed by atoms with E-state index >= 15 is 0 Å². The van der Waals surface area contributed by atoms with E-state index in [9.17, 15) is 4.79 Å². The first-order valence-electron chi connectivity index (χ1n) is 5.87. The Bertz CT molecular complexity index is 389. The average Bonchev–Trinajstić information content (AvgIpc) is 2.64. The lowest BCUT2D eigenvalue weighted by atomic mass is 10.2. The molecular formula is C12H18N2O3. The highest BCUT2D eigenvalue weighted by Gasteiger charge is 2.18. The van der Waals surface area contributed by atoms with Crippen LogP contribution in [0.2, 0.25) is 0 Å². The van der Waals surface area contributed by atoms with Crippen molar-refractivity contribution in [1.82, 2.24) is 9.80 Å². The Morgan fingerprint density at radius 2 is 2.24 bits per heavy atom. The van der Waals surface area contributed by atoms with Gasteiger partial charge in [-0.1, -0.05) is 0 Å². The molecule has 1 aliphatic heterocycles. The Balaban J connectivity index is 2.00. The summed E-state index contributed by atoms with van der Waals surface area (Å²) in [6.07, 6.45) is 2.56. The maximum atomic E-state index is 11.0. The van der Waals surface area contributed by atoms with Crippen LogP contribution in [0.25, 0.3) is 0 Å². The fraction of sp³-hybridized carbons (Fsp3) is 0.583. The first-order valence-corrected chi connectivity index (χ1v) is 5.87. The van der Waals surface area contributed by atoms with Crippen LogP contribution in [0.4, 0.5) is 0 Å². The molecule has 0 amide bonds. The molecular weight excluding hydrogens is 220 g/mol. The molecule has 17 heavy (non-hydrogen) atoms. The molecule has 1 aliphatic rings. The minimum absolute atomic E-state index is 0.280. The van der Waals surface area contributed by atoms with Crippen LogP contribution in [-0.4, -0.2) is 54.1 Å². The van der Waals surface area contributed by atoms with Gasteiger partial charge in [-0.25, -0.2) is 4.79 Å². The number of hydrogen-bond acceptors (Lipinski definition) is 4. The lowest BCUT2D eigenvalue weighted by Crippen LogP contribution is -2.28. The smallest absolute Gasteiger partial charge is 0.339 e. The third-order valence-corrected chi connectivity index (χ3v) is 3.16. The quantitative estimate of drug-likeness (QED) is 0.855. The molecule has 0 spiro atoms. The van der Waals surface area contributed by atoms with Crippen molar-refractivity contribution in [3.8, 4) is 0 Å². The van der Waals surface area contributed by atoms with Gasteiger partial charge in [0.2, 0.25) is 0 Å². The minimum Gasteiger partial charge on any atom is -0.478 e. The van der Waals surface area contributed by atoms with Crippen molar-refractivity contribution in [3.63, 3.8) is 0 Å². The molecule has 94 valence electrons. The zero-order valence-corrected chi connectivity index (χ0v) is 10.1. The minimum atomic E-state index is -0.916. The fourth-order valence-corrected chi connectivity index (χ4v) is 2.11. The predicted molar refractivity (Wildman–Crippen MR) is 63.1 cm³/mol. The summed E-state index contributed by atoms with van der Waals surface area (Å²) in [6.45, 7) is 4.65. The molecule has 1 N–H and O–H groups in total. The third kappa shape index (κ3) is 3.08. The summed E-state index contributed by atoms with van der Waals surface area (Å²) in [5, 5.41) is 8.99. The molecule has 2 rings (SSSR count). The number of nitrogens with zero attached hydrogens (tertiary/aromatic N) is 2. The summed E-state index contributed by atoms with van der Waals surface area (Å²) in [6, 6.07) is 1.52. The first kappa shape index (κ1) is 12.1. The standard InChI is InChI=1S/C12H18N2O3/c1-13-4-2-5-14(7-6-13)9-11-10(12(15)16)3-8-17-11/h3,8H,2,4-7,9H2,1H3,(H,15,16). The molecule has 0 aromatic carbocycles. The molecule has 0 aliphatic carbocycles. The second-order valence-electron chi connectivity index (χ2n) is 4.50. The van der Waals surface area contributed by atoms with Crippen LogP contribution in [0.15, 0.2) is 16.7 Å². The Hall–Kier alpha value is -1.33. The van der Waals surface area contributed by atoms with Crippen molar-refractivity contribution >= 4 is 5.97 Å². The zero-order valence-electron chi connectivity index (χ0n) is 10.1. The second kappa shape index (κ2) is 5.33. The summed E-state index contributed by atoms with van der Waals surface area (Å²) < 4.78 is 5.26. The number of furan rings is 1. The van der Waals surface area contributed by atoms with Gasteiger partial charge in [0.25, 0.3) is 0 Å². The van der Waals surface area contributed by atoms with Gasteiger partial charge < -0.3 is 14.4 Å². The lowest BCUT2D eigenvalue weighted by molar-refractivity contribution is 0.0692. The molecule has 1 fully saturated rings. The molecule has 0 atom stereocenters. The van der Waals surface area contributed by atoms with E-state index in [2.05, 4.69) is 16.8 Å². The highest BCUT2D eigenvalue weighted by atomic mass is 16.4. The van der Waals surface area contributed by atoms with E-state index < -0.39 is 5.97 Å². The molecule has 0 saturated carbocycles. The summed E-state index contributed by atoms with van der Waals surface area (Å²) in [4.78, 5) is 15.5. The van der Waals surface area contributed by atoms with Crippen LogP contribution in [-0.2, 0) is 6.54 Å². The van der Waals surface area contributed by atoms with E-state index in [0.29, 0.717) is 12.3 Å². The van der Waals surface area contributed by atoms with E-state index in [1.807, 2.05) is 0 Å². The Morgan fingerprint density at radius 1 is 1.41 bits per heavy atom. The molecule has 0 bridgehead atoms. The van der Waals surface area contributed by atoms with Crippen molar-refractivity contribution in [2.75, 3.05) is 33.2 Å². The monoisotopic (exact) mass is 238 g/mol. The normalized spacial score (nSPS) is 19.1. The Morgan fingerprint density at radius 3 is 3.00 bits per heavy atom. The van der Waals surface area contributed by atoms with Gasteiger partial charge >= 0.3 is 5.97 Å². The third-order valence-electron chi connectivity index (χ3n) is 3.16. The predicted octanol–water partition coefficient (Wildman–Crippen LogP) is 1.12. The molecule has 0 unspecified atom stereocenters. The van der Waals surface area contributed by atoms with E-state index in [1.54, 1.807) is 0 Å². The molecule has 1 aromatic rings. The van der Waals surface area contributed by atoms with E-state index in [-0.39, 0.29) is 5.56 Å². The Labute approximate surface area is 101 Å². The van der Waals surface area contributed by atoms with Gasteiger partial charge in [0, 0.05) is 13.1 Å². The molecule has 2 heterocycles. The number of carbonyl (C=O) groups is 1. The van der Waals surface area contributed by atoms with Gasteiger partial charge in [0.05, 0.1) is 12.8 Å². The number of aromatic carboxylic acids is 1. The lowest BCUT2D eigenvalue weighted by Gasteiger charge is -2.18. The summed E-state index contributed by atoms with van der Waals surface area (Å²) >= 11 is 0. The van der Waals surface area contributed by atoms with Crippen molar-refractivity contribution in [2.24, 2.45) is 0 Å². The van der Waals surface area contributed by atoms with Crippen LogP contribution in [0.5, 0.6) is 0 Å². The average molecular weight is 238 g/mol. The number of carboxylic acids is 1. The SMILES string of the molecule is CN1CCCN(Cc2occc2C(=O)O)CC1. The topological polar surface area (TPSA) is 56.9 Å². The highest BCUT2D eigenvalue weighted by Crippen LogP contribution is 2.14. The highest BCUT2D eigenvalue weighted by molar-refractivity contribution is 5.88. The maximum absolute atomic E-state index is 11.0. The summed E-state index contributed by atoms with van der Waals surface area (Å²) in [7, 11) is 2.11. The van der Waals surface area contributed by atoms with Gasteiger partial charge in [-0.3, -0.25) is 4.90 Å². The molecule has 5 heteroatoms. The molecule has 1 saturated heterocycles. The Kier molecular flexibility index (Phi) is 3.81. The molecule has 0 radical (unpaired) electrons. The number of carboxylic acid groups (broad SMARTS) is 1. The van der Waals surface area contributed by atoms with Gasteiger partial charge in [0.15, 0.2) is 0 Å². The largest absolute Gasteiger partial charge is 0.478 e. The van der Waals surface area contributed by atoms with Crippen molar-refractivity contribution < 1.29 is 14.3 Å². The van der Waals surface area contributed by atoms with Crippen LogP contribution < -0.4 is 0 Å². The molecule has 1 aromatic heterocycles. The molecule has 5 nitrogen and oxygen atoms in total. The zero-order chi connectivity index (χ0) is 12.3. The summed E-state index contributed by atoms with van der Waals surface area (Å²) in [5.41, 5.74) is 0.280. The number of rotatable bonds is 3. The van der Waals surface area contributed by atoms with Crippen molar-refractivity contribution in [1.29, 1.82) is 0 Å². The number of hydrogen-bond donors (Lipinski definition) is 1. The van der Waals surface area contributed by atoms with Crippen LogP contribution in [0.1, 0.15) is 22.5 Å². The van der Waals surface area contributed by atoms with Crippen LogP contribution in [0, 0.1) is 0 Å². The van der Waals surface area contributed by atoms with Crippen molar-refractivity contribution in [2.45, 2.75) is 13.0 Å². The second-order valence-corrected chi connectivity index (χ2v) is 4.50. The maximum Gasteiger partial charge on any atom is 0.339 e. The van der Waals surface area contributed by atoms with Gasteiger partial charge in [-0.2, -0.15) is 0 Å². The van der Waals surface area contributed by atoms with E-state index in [4.69, 9.17) is 9.52 Å². The summed E-state index contributed by atoms with van der Waals surface area (Å²) in [5.74, 6) is -0.359. The van der Waals surface area contributed by atoms with Gasteiger partial charge in [-0.15, -0.1) is 0 Å². The van der Waals surface area contributed by atoms with E-state index in [1.165, 1.54) is 12.3 Å². The van der Waals surface area contributed by atoms with E-state index in [0.717, 1.165) is 32.6 Å². The van der Waals surface area contributed by atoms with Gasteiger partial charge in [0.1, 0.15) is 11.3 Å².